The van der Waals surface area contributed by atoms with Crippen molar-refractivity contribution in [2.45, 2.75) is 18.9 Å². The maximum atomic E-state index is 11.4. The van der Waals surface area contributed by atoms with Gasteiger partial charge >= 0.3 is 5.97 Å². The Morgan fingerprint density at radius 3 is 2.58 bits per heavy atom. The predicted molar refractivity (Wildman–Crippen MR) is 94.5 cm³/mol. The third kappa shape index (κ3) is 3.72. The van der Waals surface area contributed by atoms with Gasteiger partial charge < -0.3 is 5.11 Å². The summed E-state index contributed by atoms with van der Waals surface area (Å²) in [6.07, 6.45) is 5.08. The summed E-state index contributed by atoms with van der Waals surface area (Å²) in [7, 11) is 0. The lowest BCUT2D eigenvalue weighted by molar-refractivity contribution is -0.143. The van der Waals surface area contributed by atoms with Gasteiger partial charge in [-0.2, -0.15) is 0 Å². The number of aliphatic carboxylic acids is 1. The van der Waals surface area contributed by atoms with Crippen LogP contribution in [-0.4, -0.2) is 34.0 Å². The van der Waals surface area contributed by atoms with Gasteiger partial charge in [0.05, 0.1) is 22.0 Å². The largest absolute Gasteiger partial charge is 0.481 e. The van der Waals surface area contributed by atoms with Crippen molar-refractivity contribution in [2.75, 3.05) is 13.1 Å². The minimum Gasteiger partial charge on any atom is -0.481 e. The Bertz CT molecular complexity index is 724. The maximum absolute atomic E-state index is 11.4. The number of benzene rings is 1. The highest BCUT2D eigenvalue weighted by molar-refractivity contribution is 6.42. The number of aromatic nitrogens is 1. The number of carbonyl (C=O) groups is 1. The Labute approximate surface area is 151 Å². The van der Waals surface area contributed by atoms with Gasteiger partial charge in [-0.15, -0.1) is 0 Å². The summed E-state index contributed by atoms with van der Waals surface area (Å²) in [6, 6.07) is 9.44. The quantitative estimate of drug-likeness (QED) is 0.879. The molecule has 2 aromatic rings. The van der Waals surface area contributed by atoms with Gasteiger partial charge in [-0.1, -0.05) is 29.3 Å². The lowest BCUT2D eigenvalue weighted by Crippen LogP contribution is -2.41. The molecule has 0 bridgehead atoms. The normalized spacial score (nSPS) is 19.8. The molecule has 4 nitrogen and oxygen atoms in total. The molecule has 0 spiro atoms. The number of pyridine rings is 1. The molecule has 1 aromatic heterocycles. The van der Waals surface area contributed by atoms with Gasteiger partial charge in [-0.25, -0.2) is 0 Å². The third-order valence-electron chi connectivity index (χ3n) is 4.45. The first-order valence-corrected chi connectivity index (χ1v) is 8.63. The summed E-state index contributed by atoms with van der Waals surface area (Å²) in [6.45, 7) is 1.36. The number of hydrogen-bond acceptors (Lipinski definition) is 3. The molecule has 2 unspecified atom stereocenters. The number of halogens is 2. The summed E-state index contributed by atoms with van der Waals surface area (Å²) in [5.74, 6) is -1.08. The number of hydrogen-bond donors (Lipinski definition) is 1. The van der Waals surface area contributed by atoms with E-state index in [2.05, 4.69) is 9.88 Å². The van der Waals surface area contributed by atoms with E-state index in [-0.39, 0.29) is 12.0 Å². The van der Waals surface area contributed by atoms with Crippen LogP contribution in [0.2, 0.25) is 10.0 Å². The summed E-state index contributed by atoms with van der Waals surface area (Å²) < 4.78 is 0. The number of likely N-dealkylation sites (tertiary alicyclic amines) is 1. The van der Waals surface area contributed by atoms with Gasteiger partial charge in [0.15, 0.2) is 0 Å². The zero-order valence-corrected chi connectivity index (χ0v) is 14.5. The van der Waals surface area contributed by atoms with E-state index in [4.69, 9.17) is 23.2 Å². The number of carboxylic acids is 1. The predicted octanol–water partition coefficient (Wildman–Crippen LogP) is 4.27. The zero-order valence-electron chi connectivity index (χ0n) is 13.0. The minimum absolute atomic E-state index is 0.0649. The third-order valence-corrected chi connectivity index (χ3v) is 5.19. The van der Waals surface area contributed by atoms with Crippen molar-refractivity contribution in [3.8, 4) is 0 Å². The lowest BCUT2D eigenvalue weighted by Gasteiger charge is -2.37. The Kier molecular flexibility index (Phi) is 5.39. The number of carboxylic acid groups (broad SMARTS) is 1. The van der Waals surface area contributed by atoms with Crippen LogP contribution in [-0.2, 0) is 4.79 Å². The smallest absolute Gasteiger partial charge is 0.307 e. The average molecular weight is 365 g/mol. The summed E-state index contributed by atoms with van der Waals surface area (Å²) >= 11 is 12.3. The molecule has 0 radical (unpaired) electrons. The van der Waals surface area contributed by atoms with Crippen LogP contribution in [0.1, 0.15) is 30.0 Å². The van der Waals surface area contributed by atoms with Crippen molar-refractivity contribution in [1.82, 2.24) is 9.88 Å². The molecule has 1 aromatic carbocycles. The molecule has 1 aliphatic rings. The molecule has 3 rings (SSSR count). The molecule has 6 heteroatoms. The standard InChI is InChI=1S/C18H18Cl2N2O2/c19-15-4-3-13(10-16(15)20)17(12-5-7-21-8-6-12)22-9-1-2-14(11-22)18(23)24/h3-8,10,14,17H,1-2,9,11H2,(H,23,24). The van der Waals surface area contributed by atoms with Crippen LogP contribution in [0, 0.1) is 5.92 Å². The zero-order chi connectivity index (χ0) is 17.1. The van der Waals surface area contributed by atoms with E-state index in [1.165, 1.54) is 0 Å². The van der Waals surface area contributed by atoms with Crippen molar-refractivity contribution in [3.63, 3.8) is 0 Å². The van der Waals surface area contributed by atoms with Gasteiger partial charge in [0.1, 0.15) is 0 Å². The fraction of sp³-hybridized carbons (Fsp3) is 0.333. The van der Waals surface area contributed by atoms with Gasteiger partial charge in [0, 0.05) is 18.9 Å². The van der Waals surface area contributed by atoms with E-state index in [0.29, 0.717) is 16.6 Å². The van der Waals surface area contributed by atoms with Crippen LogP contribution in [0.4, 0.5) is 0 Å². The van der Waals surface area contributed by atoms with E-state index >= 15 is 0 Å². The van der Waals surface area contributed by atoms with E-state index < -0.39 is 5.97 Å². The van der Waals surface area contributed by atoms with Crippen LogP contribution in [0.25, 0.3) is 0 Å². The van der Waals surface area contributed by atoms with Crippen molar-refractivity contribution in [3.05, 3.63) is 63.9 Å². The van der Waals surface area contributed by atoms with Crippen molar-refractivity contribution < 1.29 is 9.90 Å². The van der Waals surface area contributed by atoms with Crippen LogP contribution >= 0.6 is 23.2 Å². The first-order valence-electron chi connectivity index (χ1n) is 7.88. The van der Waals surface area contributed by atoms with E-state index in [0.717, 1.165) is 30.5 Å². The molecular weight excluding hydrogens is 347 g/mol. The maximum Gasteiger partial charge on any atom is 0.307 e. The Morgan fingerprint density at radius 2 is 1.92 bits per heavy atom. The van der Waals surface area contributed by atoms with Gasteiger partial charge in [-0.3, -0.25) is 14.7 Å². The summed E-state index contributed by atoms with van der Waals surface area (Å²) in [4.78, 5) is 17.7. The topological polar surface area (TPSA) is 53.4 Å². The Balaban J connectivity index is 1.99. The van der Waals surface area contributed by atoms with Gasteiger partial charge in [-0.05, 0) is 54.8 Å². The molecule has 1 saturated heterocycles. The van der Waals surface area contributed by atoms with Crippen molar-refractivity contribution >= 4 is 29.2 Å². The SMILES string of the molecule is O=C(O)C1CCCN(C(c2ccncc2)c2ccc(Cl)c(Cl)c2)C1. The number of nitrogens with zero attached hydrogens (tertiary/aromatic N) is 2. The van der Waals surface area contributed by atoms with Gasteiger partial charge in [0.2, 0.25) is 0 Å². The molecule has 0 aliphatic carbocycles. The Morgan fingerprint density at radius 1 is 1.17 bits per heavy atom. The van der Waals surface area contributed by atoms with E-state index in [1.807, 2.05) is 24.3 Å². The molecule has 1 fully saturated rings. The average Bonchev–Trinajstić information content (AvgIpc) is 2.59. The molecule has 24 heavy (non-hydrogen) atoms. The summed E-state index contributed by atoms with van der Waals surface area (Å²) in [5, 5.41) is 10.4. The molecule has 1 N–H and O–H groups in total. The second kappa shape index (κ2) is 7.51. The highest BCUT2D eigenvalue weighted by Crippen LogP contribution is 2.35. The fourth-order valence-electron chi connectivity index (χ4n) is 3.28. The fourth-order valence-corrected chi connectivity index (χ4v) is 3.59. The van der Waals surface area contributed by atoms with Crippen molar-refractivity contribution in [2.24, 2.45) is 5.92 Å². The van der Waals surface area contributed by atoms with Crippen LogP contribution in [0.15, 0.2) is 42.7 Å². The molecular formula is C18H18Cl2N2O2. The first-order chi connectivity index (χ1) is 11.6. The van der Waals surface area contributed by atoms with Crippen LogP contribution < -0.4 is 0 Å². The highest BCUT2D eigenvalue weighted by Gasteiger charge is 2.31. The molecule has 126 valence electrons. The molecule has 1 aliphatic heterocycles. The van der Waals surface area contributed by atoms with Crippen molar-refractivity contribution in [1.29, 1.82) is 0 Å². The molecule has 0 amide bonds. The van der Waals surface area contributed by atoms with E-state index in [9.17, 15) is 9.90 Å². The number of rotatable bonds is 4. The number of piperidine rings is 1. The van der Waals surface area contributed by atoms with Crippen LogP contribution in [0.3, 0.4) is 0 Å². The molecule has 0 saturated carbocycles. The molecule has 2 heterocycles. The summed E-state index contributed by atoms with van der Waals surface area (Å²) in [5.41, 5.74) is 2.07. The van der Waals surface area contributed by atoms with Gasteiger partial charge in [0.25, 0.3) is 0 Å². The second-order valence-electron chi connectivity index (χ2n) is 6.03. The molecule has 2 atom stereocenters. The monoisotopic (exact) mass is 364 g/mol. The second-order valence-corrected chi connectivity index (χ2v) is 6.84. The first kappa shape index (κ1) is 17.2. The van der Waals surface area contributed by atoms with Crippen LogP contribution in [0.5, 0.6) is 0 Å². The minimum atomic E-state index is -0.734. The van der Waals surface area contributed by atoms with E-state index in [1.54, 1.807) is 18.5 Å². The lowest BCUT2D eigenvalue weighted by atomic mass is 9.92. The Hall–Kier alpha value is -1.62. The highest BCUT2D eigenvalue weighted by atomic mass is 35.5.